The van der Waals surface area contributed by atoms with Crippen LogP contribution in [0.15, 0.2) is 18.2 Å². The highest BCUT2D eigenvalue weighted by Crippen LogP contribution is 2.28. The summed E-state index contributed by atoms with van der Waals surface area (Å²) in [5, 5.41) is 2.50. The minimum atomic E-state index is -3.34. The number of anilines is 2. The third-order valence-electron chi connectivity index (χ3n) is 3.77. The summed E-state index contributed by atoms with van der Waals surface area (Å²) in [6.45, 7) is 2.97. The predicted octanol–water partition coefficient (Wildman–Crippen LogP) is 2.63. The van der Waals surface area contributed by atoms with E-state index in [4.69, 9.17) is 0 Å². The third-order valence-corrected chi connectivity index (χ3v) is 5.64. The number of sulfonamides is 1. The number of rotatable bonds is 5. The molecule has 1 N–H and O–H groups in total. The van der Waals surface area contributed by atoms with Gasteiger partial charge in [-0.25, -0.2) is 17.6 Å². The van der Waals surface area contributed by atoms with Crippen molar-refractivity contribution in [3.63, 3.8) is 0 Å². The van der Waals surface area contributed by atoms with Crippen LogP contribution in [0.25, 0.3) is 0 Å². The van der Waals surface area contributed by atoms with Crippen LogP contribution in [0.5, 0.6) is 0 Å². The number of urea groups is 1. The van der Waals surface area contributed by atoms with E-state index in [9.17, 15) is 17.6 Å². The van der Waals surface area contributed by atoms with Crippen molar-refractivity contribution < 1.29 is 17.6 Å². The summed E-state index contributed by atoms with van der Waals surface area (Å²) >= 11 is 0. The summed E-state index contributed by atoms with van der Waals surface area (Å²) in [5.74, 6) is -0.506. The van der Waals surface area contributed by atoms with Crippen molar-refractivity contribution >= 4 is 27.4 Å². The molecule has 2 amide bonds. The highest BCUT2D eigenvalue weighted by Gasteiger charge is 2.29. The minimum absolute atomic E-state index is 0.0158. The average molecular weight is 343 g/mol. The fourth-order valence-corrected chi connectivity index (χ4v) is 3.96. The second kappa shape index (κ2) is 7.16. The molecule has 1 fully saturated rings. The van der Waals surface area contributed by atoms with E-state index in [1.54, 1.807) is 7.05 Å². The maximum absolute atomic E-state index is 13.9. The van der Waals surface area contributed by atoms with Crippen LogP contribution in [0.2, 0.25) is 0 Å². The zero-order valence-corrected chi connectivity index (χ0v) is 14.2. The van der Waals surface area contributed by atoms with Crippen molar-refractivity contribution in [3.8, 4) is 0 Å². The molecule has 0 atom stereocenters. The van der Waals surface area contributed by atoms with Gasteiger partial charge in [0.15, 0.2) is 0 Å². The molecule has 0 aromatic heterocycles. The summed E-state index contributed by atoms with van der Waals surface area (Å²) in [4.78, 5) is 13.5. The van der Waals surface area contributed by atoms with Crippen LogP contribution in [0, 0.1) is 5.82 Å². The van der Waals surface area contributed by atoms with E-state index >= 15 is 0 Å². The molecule has 128 valence electrons. The van der Waals surface area contributed by atoms with E-state index in [-0.39, 0.29) is 11.4 Å². The number of halogens is 1. The van der Waals surface area contributed by atoms with Crippen LogP contribution in [-0.4, -0.2) is 45.2 Å². The molecule has 23 heavy (non-hydrogen) atoms. The van der Waals surface area contributed by atoms with Gasteiger partial charge >= 0.3 is 6.03 Å². The zero-order chi connectivity index (χ0) is 17.0. The first-order chi connectivity index (χ1) is 10.8. The molecule has 1 saturated heterocycles. The number of nitrogens with one attached hydrogen (secondary N) is 1. The minimum Gasteiger partial charge on any atom is -0.328 e. The quantitative estimate of drug-likeness (QED) is 0.893. The Morgan fingerprint density at radius 1 is 1.43 bits per heavy atom. The summed E-state index contributed by atoms with van der Waals surface area (Å²) in [5.41, 5.74) is 0.355. The average Bonchev–Trinajstić information content (AvgIpc) is 2.86. The second-order valence-electron chi connectivity index (χ2n) is 5.61. The number of carbonyl (C=O) groups excluding carboxylic acids is 1. The van der Waals surface area contributed by atoms with Crippen LogP contribution in [0.3, 0.4) is 0 Å². The normalized spacial score (nSPS) is 16.4. The summed E-state index contributed by atoms with van der Waals surface area (Å²) in [6, 6.07) is 3.53. The first kappa shape index (κ1) is 17.5. The van der Waals surface area contributed by atoms with E-state index < -0.39 is 21.9 Å². The van der Waals surface area contributed by atoms with Crippen LogP contribution < -0.4 is 9.62 Å². The molecule has 1 aromatic carbocycles. The molecule has 1 aromatic rings. The van der Waals surface area contributed by atoms with Gasteiger partial charge in [0.1, 0.15) is 5.82 Å². The van der Waals surface area contributed by atoms with Gasteiger partial charge in [0.05, 0.1) is 17.1 Å². The van der Waals surface area contributed by atoms with Gasteiger partial charge in [-0.1, -0.05) is 13.3 Å². The molecule has 1 aliphatic rings. The van der Waals surface area contributed by atoms with Crippen molar-refractivity contribution in [2.24, 2.45) is 0 Å². The Balaban J connectivity index is 2.16. The molecule has 0 bridgehead atoms. The summed E-state index contributed by atoms with van der Waals surface area (Å²) in [7, 11) is -1.70. The Morgan fingerprint density at radius 3 is 2.78 bits per heavy atom. The highest BCUT2D eigenvalue weighted by molar-refractivity contribution is 7.93. The van der Waals surface area contributed by atoms with Gasteiger partial charge in [0.2, 0.25) is 10.0 Å². The highest BCUT2D eigenvalue weighted by atomic mass is 32.2. The fraction of sp³-hybridized carbons (Fsp3) is 0.533. The first-order valence-corrected chi connectivity index (χ1v) is 9.28. The molecule has 0 unspecified atom stereocenters. The van der Waals surface area contributed by atoms with Crippen LogP contribution in [0.4, 0.5) is 20.6 Å². The number of unbranched alkanes of at least 4 members (excludes halogenated alkanes) is 1. The maximum Gasteiger partial charge on any atom is 0.321 e. The SMILES string of the molecule is CCCCN(C)C(=O)Nc1cc(N2CCCS2(=O)=O)ccc1F. The van der Waals surface area contributed by atoms with E-state index in [0.717, 1.165) is 12.8 Å². The second-order valence-corrected chi connectivity index (χ2v) is 7.62. The van der Waals surface area contributed by atoms with Gasteiger partial charge in [0.25, 0.3) is 0 Å². The Hall–Kier alpha value is -1.83. The van der Waals surface area contributed by atoms with Gasteiger partial charge in [-0.3, -0.25) is 4.31 Å². The Bertz CT molecular complexity index is 679. The maximum atomic E-state index is 13.9. The molecule has 1 heterocycles. The van der Waals surface area contributed by atoms with Crippen LogP contribution in [0.1, 0.15) is 26.2 Å². The van der Waals surface area contributed by atoms with Gasteiger partial charge in [-0.05, 0) is 31.0 Å². The number of benzene rings is 1. The number of hydrogen-bond donors (Lipinski definition) is 1. The monoisotopic (exact) mass is 343 g/mol. The number of carbonyl (C=O) groups is 1. The lowest BCUT2D eigenvalue weighted by molar-refractivity contribution is 0.221. The summed E-state index contributed by atoms with van der Waals surface area (Å²) < 4.78 is 39.1. The first-order valence-electron chi connectivity index (χ1n) is 7.67. The predicted molar refractivity (Wildman–Crippen MR) is 88.7 cm³/mol. The molecule has 8 heteroatoms. The molecule has 0 aliphatic carbocycles. The molecule has 2 rings (SSSR count). The summed E-state index contributed by atoms with van der Waals surface area (Å²) in [6.07, 6.45) is 2.36. The topological polar surface area (TPSA) is 69.7 Å². The third kappa shape index (κ3) is 4.13. The number of amides is 2. The van der Waals surface area contributed by atoms with E-state index in [1.165, 1.54) is 27.4 Å². The lowest BCUT2D eigenvalue weighted by atomic mass is 10.2. The lowest BCUT2D eigenvalue weighted by Gasteiger charge is -2.20. The molecule has 6 nitrogen and oxygen atoms in total. The standard InChI is InChI=1S/C15H22FN3O3S/c1-3-4-8-18(2)15(20)17-14-11-12(6-7-13(14)16)19-9-5-10-23(19,21)22/h6-7,11H,3-5,8-10H2,1-2H3,(H,17,20). The van der Waals surface area contributed by atoms with Gasteiger partial charge in [-0.2, -0.15) is 0 Å². The van der Waals surface area contributed by atoms with Crippen LogP contribution in [-0.2, 0) is 10.0 Å². The van der Waals surface area contributed by atoms with Crippen molar-refractivity contribution in [2.45, 2.75) is 26.2 Å². The molecular formula is C15H22FN3O3S. The Morgan fingerprint density at radius 2 is 2.17 bits per heavy atom. The van der Waals surface area contributed by atoms with Crippen molar-refractivity contribution in [2.75, 3.05) is 35.5 Å². The fourth-order valence-electron chi connectivity index (χ4n) is 2.40. The number of nitrogens with zero attached hydrogens (tertiary/aromatic N) is 2. The smallest absolute Gasteiger partial charge is 0.321 e. The van der Waals surface area contributed by atoms with E-state index in [1.807, 2.05) is 6.92 Å². The Kier molecular flexibility index (Phi) is 5.46. The van der Waals surface area contributed by atoms with Gasteiger partial charge < -0.3 is 10.2 Å². The van der Waals surface area contributed by atoms with Crippen molar-refractivity contribution in [3.05, 3.63) is 24.0 Å². The van der Waals surface area contributed by atoms with Gasteiger partial charge in [-0.15, -0.1) is 0 Å². The van der Waals surface area contributed by atoms with E-state index in [2.05, 4.69) is 5.32 Å². The van der Waals surface area contributed by atoms with E-state index in [0.29, 0.717) is 25.2 Å². The van der Waals surface area contributed by atoms with Crippen molar-refractivity contribution in [1.29, 1.82) is 0 Å². The molecule has 0 saturated carbocycles. The molecule has 0 spiro atoms. The van der Waals surface area contributed by atoms with Gasteiger partial charge in [0, 0.05) is 20.1 Å². The number of hydrogen-bond acceptors (Lipinski definition) is 3. The molecular weight excluding hydrogens is 321 g/mol. The molecule has 1 aliphatic heterocycles. The largest absolute Gasteiger partial charge is 0.328 e. The zero-order valence-electron chi connectivity index (χ0n) is 13.4. The van der Waals surface area contributed by atoms with Crippen LogP contribution >= 0.6 is 0 Å². The van der Waals surface area contributed by atoms with Crippen molar-refractivity contribution in [1.82, 2.24) is 4.90 Å². The molecule has 0 radical (unpaired) electrons. The Labute approximate surface area is 136 Å². The lowest BCUT2D eigenvalue weighted by Crippen LogP contribution is -2.32.